The highest BCUT2D eigenvalue weighted by Crippen LogP contribution is 2.30. The van der Waals surface area contributed by atoms with Gasteiger partial charge in [-0.2, -0.15) is 0 Å². The molecule has 1 saturated heterocycles. The molecule has 1 aliphatic rings. The Bertz CT molecular complexity index is 540. The fraction of sp³-hybridized carbons (Fsp3) is 0.538. The second-order valence-corrected chi connectivity index (χ2v) is 5.54. The number of carbonyl (C=O) groups is 2. The van der Waals surface area contributed by atoms with E-state index in [4.69, 9.17) is 16.0 Å². The molecular weight excluding hydrogens is 260 g/mol. The standard InChI is InChI=1S/C13H20N4O3/c1-8-10(11(18)16-15)5-9(20-8)6-17-4-3-13(2,7-17)12(14)19/h5H,3-4,6-7,15H2,1-2H3,(H2,14,19)(H,16,18). The van der Waals surface area contributed by atoms with Crippen molar-refractivity contribution < 1.29 is 14.0 Å². The summed E-state index contributed by atoms with van der Waals surface area (Å²) in [5, 5.41) is 0. The van der Waals surface area contributed by atoms with E-state index in [9.17, 15) is 9.59 Å². The second-order valence-electron chi connectivity index (χ2n) is 5.54. The minimum Gasteiger partial charge on any atom is -0.464 e. The number of likely N-dealkylation sites (tertiary alicyclic amines) is 1. The van der Waals surface area contributed by atoms with E-state index in [2.05, 4.69) is 10.3 Å². The number of nitrogens with two attached hydrogens (primary N) is 2. The summed E-state index contributed by atoms with van der Waals surface area (Å²) in [6.45, 7) is 5.50. The number of hydrazine groups is 1. The van der Waals surface area contributed by atoms with Gasteiger partial charge in [0.2, 0.25) is 5.91 Å². The Labute approximate surface area is 117 Å². The van der Waals surface area contributed by atoms with Crippen LogP contribution in [0.2, 0.25) is 0 Å². The fourth-order valence-electron chi connectivity index (χ4n) is 2.54. The first-order chi connectivity index (χ1) is 9.35. The summed E-state index contributed by atoms with van der Waals surface area (Å²) in [7, 11) is 0. The zero-order valence-electron chi connectivity index (χ0n) is 11.7. The van der Waals surface area contributed by atoms with Crippen molar-refractivity contribution in [2.24, 2.45) is 17.0 Å². The van der Waals surface area contributed by atoms with Crippen LogP contribution < -0.4 is 17.0 Å². The summed E-state index contributed by atoms with van der Waals surface area (Å²) < 4.78 is 5.55. The molecule has 2 amide bonds. The van der Waals surface area contributed by atoms with E-state index in [-0.39, 0.29) is 11.8 Å². The monoisotopic (exact) mass is 280 g/mol. The van der Waals surface area contributed by atoms with Crippen LogP contribution in [0.4, 0.5) is 0 Å². The van der Waals surface area contributed by atoms with Crippen LogP contribution in [0, 0.1) is 12.3 Å². The van der Waals surface area contributed by atoms with Gasteiger partial charge in [0.15, 0.2) is 0 Å². The van der Waals surface area contributed by atoms with Crippen molar-refractivity contribution in [2.75, 3.05) is 13.1 Å². The molecular formula is C13H20N4O3. The van der Waals surface area contributed by atoms with Crippen molar-refractivity contribution in [3.05, 3.63) is 23.2 Å². The maximum absolute atomic E-state index is 11.5. The number of amides is 2. The maximum Gasteiger partial charge on any atom is 0.268 e. The lowest BCUT2D eigenvalue weighted by Crippen LogP contribution is -2.36. The van der Waals surface area contributed by atoms with Crippen LogP contribution in [-0.2, 0) is 11.3 Å². The number of hydrogen-bond acceptors (Lipinski definition) is 5. The van der Waals surface area contributed by atoms with E-state index in [0.29, 0.717) is 30.2 Å². The number of nitrogens with zero attached hydrogens (tertiary/aromatic N) is 1. The molecule has 7 nitrogen and oxygen atoms in total. The van der Waals surface area contributed by atoms with E-state index >= 15 is 0 Å². The number of nitrogens with one attached hydrogen (secondary N) is 1. The molecule has 0 aromatic carbocycles. The number of carbonyl (C=O) groups excluding carboxylic acids is 2. The summed E-state index contributed by atoms with van der Waals surface area (Å²) in [4.78, 5) is 25.0. The van der Waals surface area contributed by atoms with Gasteiger partial charge in [0.25, 0.3) is 5.91 Å². The number of rotatable bonds is 4. The molecule has 1 aromatic rings. The Balaban J connectivity index is 2.05. The van der Waals surface area contributed by atoms with Crippen LogP contribution in [0.3, 0.4) is 0 Å². The molecule has 1 atom stereocenters. The molecule has 2 heterocycles. The first kappa shape index (κ1) is 14.5. The molecule has 1 aliphatic heterocycles. The van der Waals surface area contributed by atoms with Crippen LogP contribution in [-0.4, -0.2) is 29.8 Å². The quantitative estimate of drug-likeness (QED) is 0.404. The first-order valence-corrected chi connectivity index (χ1v) is 6.48. The third-order valence-electron chi connectivity index (χ3n) is 3.87. The molecule has 0 aliphatic carbocycles. The largest absolute Gasteiger partial charge is 0.464 e. The summed E-state index contributed by atoms with van der Waals surface area (Å²) in [6.07, 6.45) is 0.734. The smallest absolute Gasteiger partial charge is 0.268 e. The zero-order valence-corrected chi connectivity index (χ0v) is 11.7. The van der Waals surface area contributed by atoms with Crippen molar-refractivity contribution in [1.29, 1.82) is 0 Å². The van der Waals surface area contributed by atoms with Gasteiger partial charge in [-0.25, -0.2) is 5.84 Å². The second kappa shape index (κ2) is 5.26. The van der Waals surface area contributed by atoms with Gasteiger partial charge in [-0.3, -0.25) is 19.9 Å². The predicted molar refractivity (Wildman–Crippen MR) is 72.3 cm³/mol. The predicted octanol–water partition coefficient (Wildman–Crippen LogP) is -0.111. The summed E-state index contributed by atoms with van der Waals surface area (Å²) in [6, 6.07) is 1.68. The van der Waals surface area contributed by atoms with E-state index in [0.717, 1.165) is 13.0 Å². The van der Waals surface area contributed by atoms with E-state index in [1.807, 2.05) is 6.92 Å². The molecule has 1 aromatic heterocycles. The summed E-state index contributed by atoms with van der Waals surface area (Å²) in [5.74, 6) is 5.66. The van der Waals surface area contributed by atoms with Crippen molar-refractivity contribution in [3.8, 4) is 0 Å². The Morgan fingerprint density at radius 1 is 1.55 bits per heavy atom. The van der Waals surface area contributed by atoms with Gasteiger partial charge in [0, 0.05) is 6.54 Å². The minimum atomic E-state index is -0.487. The first-order valence-electron chi connectivity index (χ1n) is 6.48. The highest BCUT2D eigenvalue weighted by atomic mass is 16.3. The van der Waals surface area contributed by atoms with E-state index in [1.54, 1.807) is 13.0 Å². The number of aryl methyl sites for hydroxylation is 1. The van der Waals surface area contributed by atoms with E-state index in [1.165, 1.54) is 0 Å². The Morgan fingerprint density at radius 3 is 2.80 bits per heavy atom. The van der Waals surface area contributed by atoms with Crippen molar-refractivity contribution in [2.45, 2.75) is 26.8 Å². The molecule has 20 heavy (non-hydrogen) atoms. The van der Waals surface area contributed by atoms with Crippen molar-refractivity contribution in [1.82, 2.24) is 10.3 Å². The molecule has 0 spiro atoms. The lowest BCUT2D eigenvalue weighted by atomic mass is 9.89. The third kappa shape index (κ3) is 2.68. The average molecular weight is 280 g/mol. The SMILES string of the molecule is Cc1oc(CN2CCC(C)(C(N)=O)C2)cc1C(=O)NN. The molecule has 0 saturated carbocycles. The molecule has 1 fully saturated rings. The lowest BCUT2D eigenvalue weighted by molar-refractivity contribution is -0.126. The minimum absolute atomic E-state index is 0.279. The molecule has 110 valence electrons. The lowest BCUT2D eigenvalue weighted by Gasteiger charge is -2.20. The Kier molecular flexibility index (Phi) is 3.82. The molecule has 2 rings (SSSR count). The highest BCUT2D eigenvalue weighted by Gasteiger charge is 2.38. The maximum atomic E-state index is 11.5. The van der Waals surface area contributed by atoms with Crippen LogP contribution in [0.1, 0.15) is 35.2 Å². The molecule has 5 N–H and O–H groups in total. The average Bonchev–Trinajstić information content (AvgIpc) is 2.94. The van der Waals surface area contributed by atoms with Crippen LogP contribution in [0.5, 0.6) is 0 Å². The third-order valence-corrected chi connectivity index (χ3v) is 3.87. The topological polar surface area (TPSA) is 115 Å². The van der Waals surface area contributed by atoms with Gasteiger partial charge in [-0.15, -0.1) is 0 Å². The Morgan fingerprint density at radius 2 is 2.25 bits per heavy atom. The summed E-state index contributed by atoms with van der Waals surface area (Å²) in [5.41, 5.74) is 7.44. The normalized spacial score (nSPS) is 22.9. The van der Waals surface area contributed by atoms with Crippen LogP contribution >= 0.6 is 0 Å². The number of hydrogen-bond donors (Lipinski definition) is 3. The number of furan rings is 1. The van der Waals surface area contributed by atoms with Gasteiger partial charge in [0.05, 0.1) is 17.5 Å². The van der Waals surface area contributed by atoms with Gasteiger partial charge in [0.1, 0.15) is 11.5 Å². The number of nitrogen functional groups attached to an aromatic ring is 1. The van der Waals surface area contributed by atoms with E-state index < -0.39 is 5.41 Å². The van der Waals surface area contributed by atoms with Gasteiger partial charge >= 0.3 is 0 Å². The molecule has 0 bridgehead atoms. The van der Waals surface area contributed by atoms with Gasteiger partial charge in [-0.05, 0) is 32.9 Å². The van der Waals surface area contributed by atoms with Crippen molar-refractivity contribution >= 4 is 11.8 Å². The van der Waals surface area contributed by atoms with Gasteiger partial charge in [-0.1, -0.05) is 0 Å². The molecule has 1 unspecified atom stereocenters. The molecule has 0 radical (unpaired) electrons. The zero-order chi connectivity index (χ0) is 14.9. The highest BCUT2D eigenvalue weighted by molar-refractivity contribution is 5.94. The number of primary amides is 1. The molecule has 7 heteroatoms. The van der Waals surface area contributed by atoms with Gasteiger partial charge < -0.3 is 10.2 Å². The summed E-state index contributed by atoms with van der Waals surface area (Å²) >= 11 is 0. The van der Waals surface area contributed by atoms with Crippen LogP contribution in [0.15, 0.2) is 10.5 Å². The van der Waals surface area contributed by atoms with Crippen LogP contribution in [0.25, 0.3) is 0 Å². The Hall–Kier alpha value is -1.86. The van der Waals surface area contributed by atoms with Crippen molar-refractivity contribution in [3.63, 3.8) is 0 Å². The fourth-order valence-corrected chi connectivity index (χ4v) is 2.54.